The molecule has 1 aromatic heterocycles. The summed E-state index contributed by atoms with van der Waals surface area (Å²) >= 11 is 0. The molecule has 0 fully saturated rings. The Labute approximate surface area is 339 Å². The number of hydrogen-bond donors (Lipinski definition) is 0. The molecule has 3 nitrogen and oxygen atoms in total. The second-order valence-electron chi connectivity index (χ2n) is 14.4. The molecule has 0 amide bonds. The highest BCUT2D eigenvalue weighted by molar-refractivity contribution is 5.97. The third-order valence-electron chi connectivity index (χ3n) is 10.9. The second kappa shape index (κ2) is 15.4. The fourth-order valence-electron chi connectivity index (χ4n) is 8.08. The van der Waals surface area contributed by atoms with E-state index in [1.165, 1.54) is 38.6 Å². The van der Waals surface area contributed by atoms with E-state index in [-0.39, 0.29) is 0 Å². The Balaban J connectivity index is 1.01. The topological polar surface area (TPSA) is 21.1 Å². The van der Waals surface area contributed by atoms with Crippen LogP contribution in [0.15, 0.2) is 237 Å². The maximum Gasteiger partial charge on any atom is 0.0934 e. The number of hydrogen-bond acceptors (Lipinski definition) is 2. The summed E-state index contributed by atoms with van der Waals surface area (Å²) in [5.74, 6) is 0. The predicted molar refractivity (Wildman–Crippen MR) is 243 cm³/mol. The first kappa shape index (κ1) is 34.7. The summed E-state index contributed by atoms with van der Waals surface area (Å²) in [4.78, 5) is 2.30. The molecule has 0 bridgehead atoms. The Morgan fingerprint density at radius 3 is 1.38 bits per heavy atom. The van der Waals surface area contributed by atoms with Crippen molar-refractivity contribution in [1.29, 1.82) is 0 Å². The van der Waals surface area contributed by atoms with E-state index >= 15 is 0 Å². The van der Waals surface area contributed by atoms with E-state index in [4.69, 9.17) is 5.10 Å². The normalized spacial score (nSPS) is 11.1. The summed E-state index contributed by atoms with van der Waals surface area (Å²) in [6.07, 6.45) is 0. The third-order valence-corrected chi connectivity index (χ3v) is 10.9. The van der Waals surface area contributed by atoms with E-state index in [0.29, 0.717) is 0 Å². The van der Waals surface area contributed by atoms with Crippen molar-refractivity contribution in [2.45, 2.75) is 0 Å². The van der Waals surface area contributed by atoms with Crippen molar-refractivity contribution in [2.75, 3.05) is 4.90 Å². The van der Waals surface area contributed by atoms with Crippen molar-refractivity contribution in [3.05, 3.63) is 237 Å². The summed E-state index contributed by atoms with van der Waals surface area (Å²) in [6.45, 7) is 0. The molecule has 274 valence electrons. The van der Waals surface area contributed by atoms with Crippen molar-refractivity contribution in [3.8, 4) is 61.6 Å². The fourth-order valence-corrected chi connectivity index (χ4v) is 8.08. The van der Waals surface area contributed by atoms with E-state index < -0.39 is 0 Å². The standard InChI is InChI=1S/C55H39N3/c1-4-18-43(19-5-1)54-39-55(53-30-16-20-40-17-10-11-27-50(40)53)58(56-54)47-37-33-42(34-38-47)49-26-13-15-29-52(49)51-28-14-12-25-48(51)41-31-35-46(36-32-41)57(44-21-6-2-7-22-44)45-23-8-3-9-24-45/h1-39H. The van der Waals surface area contributed by atoms with Crippen LogP contribution in [0.3, 0.4) is 0 Å². The molecule has 1 heterocycles. The molecule has 58 heavy (non-hydrogen) atoms. The molecule has 0 spiro atoms. The zero-order valence-corrected chi connectivity index (χ0v) is 31.9. The molecule has 0 saturated heterocycles. The summed E-state index contributed by atoms with van der Waals surface area (Å²) in [5.41, 5.74) is 15.6. The Morgan fingerprint density at radius 2 is 0.776 bits per heavy atom. The van der Waals surface area contributed by atoms with Gasteiger partial charge in [-0.1, -0.05) is 182 Å². The lowest BCUT2D eigenvalue weighted by Gasteiger charge is -2.25. The van der Waals surface area contributed by atoms with Crippen LogP contribution in [0.4, 0.5) is 17.1 Å². The monoisotopic (exact) mass is 741 g/mol. The van der Waals surface area contributed by atoms with Crippen LogP contribution in [-0.4, -0.2) is 9.78 Å². The number of fused-ring (bicyclic) bond motifs is 1. The molecule has 0 saturated carbocycles. The van der Waals surface area contributed by atoms with Gasteiger partial charge in [-0.15, -0.1) is 0 Å². The van der Waals surface area contributed by atoms with Crippen LogP contribution in [0.25, 0.3) is 72.4 Å². The smallest absolute Gasteiger partial charge is 0.0934 e. The van der Waals surface area contributed by atoms with Crippen molar-refractivity contribution in [2.24, 2.45) is 0 Å². The van der Waals surface area contributed by atoms with Gasteiger partial charge in [0.25, 0.3) is 0 Å². The van der Waals surface area contributed by atoms with Gasteiger partial charge in [-0.25, -0.2) is 4.68 Å². The first-order chi connectivity index (χ1) is 28.8. The zero-order valence-electron chi connectivity index (χ0n) is 31.9. The Kier molecular flexibility index (Phi) is 9.23. The van der Waals surface area contributed by atoms with Crippen molar-refractivity contribution in [3.63, 3.8) is 0 Å². The summed E-state index contributed by atoms with van der Waals surface area (Å²) in [6, 6.07) is 84.0. The third kappa shape index (κ3) is 6.65. The highest BCUT2D eigenvalue weighted by atomic mass is 15.3. The molecular weight excluding hydrogens is 703 g/mol. The van der Waals surface area contributed by atoms with E-state index in [9.17, 15) is 0 Å². The van der Waals surface area contributed by atoms with E-state index in [1.54, 1.807) is 0 Å². The number of nitrogens with zero attached hydrogens (tertiary/aromatic N) is 3. The van der Waals surface area contributed by atoms with Gasteiger partial charge in [-0.2, -0.15) is 5.10 Å². The SMILES string of the molecule is c1ccc(-c2cc(-c3cccc4ccccc34)n(-c3ccc(-c4ccccc4-c4ccccc4-c4ccc(N(c5ccccc5)c5ccccc5)cc4)cc3)n2)cc1. The molecule has 3 heteroatoms. The second-order valence-corrected chi connectivity index (χ2v) is 14.4. The van der Waals surface area contributed by atoms with Crippen LogP contribution in [0.5, 0.6) is 0 Å². The molecule has 10 rings (SSSR count). The minimum atomic E-state index is 0.940. The van der Waals surface area contributed by atoms with Crippen LogP contribution in [0.2, 0.25) is 0 Å². The molecular formula is C55H39N3. The average molecular weight is 742 g/mol. The Morgan fingerprint density at radius 1 is 0.328 bits per heavy atom. The first-order valence-corrected chi connectivity index (χ1v) is 19.7. The summed E-state index contributed by atoms with van der Waals surface area (Å²) in [5, 5.41) is 7.62. The Hall–Kier alpha value is -7.75. The van der Waals surface area contributed by atoms with Gasteiger partial charge in [0.1, 0.15) is 0 Å². The lowest BCUT2D eigenvalue weighted by atomic mass is 9.89. The molecule has 0 unspecified atom stereocenters. The largest absolute Gasteiger partial charge is 0.311 e. The van der Waals surface area contributed by atoms with Gasteiger partial charge in [-0.05, 0) is 98.8 Å². The quantitative estimate of drug-likeness (QED) is 0.147. The van der Waals surface area contributed by atoms with E-state index in [1.807, 2.05) is 6.07 Å². The molecule has 0 atom stereocenters. The van der Waals surface area contributed by atoms with Crippen LogP contribution in [0, 0.1) is 0 Å². The van der Waals surface area contributed by atoms with Crippen molar-refractivity contribution < 1.29 is 0 Å². The minimum absolute atomic E-state index is 0.940. The number of rotatable bonds is 9. The van der Waals surface area contributed by atoms with Gasteiger partial charge in [0.15, 0.2) is 0 Å². The minimum Gasteiger partial charge on any atom is -0.311 e. The van der Waals surface area contributed by atoms with Gasteiger partial charge in [-0.3, -0.25) is 0 Å². The van der Waals surface area contributed by atoms with E-state index in [2.05, 4.69) is 240 Å². The molecule has 0 aliphatic heterocycles. The van der Waals surface area contributed by atoms with Crippen LogP contribution >= 0.6 is 0 Å². The summed E-state index contributed by atoms with van der Waals surface area (Å²) in [7, 11) is 0. The Bertz CT molecular complexity index is 2920. The number of aromatic nitrogens is 2. The zero-order chi connectivity index (χ0) is 38.7. The lowest BCUT2D eigenvalue weighted by Crippen LogP contribution is -2.09. The van der Waals surface area contributed by atoms with Gasteiger partial charge in [0.05, 0.1) is 17.1 Å². The van der Waals surface area contributed by atoms with Crippen LogP contribution in [-0.2, 0) is 0 Å². The average Bonchev–Trinajstić information content (AvgIpc) is 3.76. The first-order valence-electron chi connectivity index (χ1n) is 19.7. The predicted octanol–water partition coefficient (Wildman–Crippen LogP) is 14.8. The van der Waals surface area contributed by atoms with Gasteiger partial charge >= 0.3 is 0 Å². The molecule has 0 N–H and O–H groups in total. The summed E-state index contributed by atoms with van der Waals surface area (Å²) < 4.78 is 2.09. The van der Waals surface area contributed by atoms with Gasteiger partial charge < -0.3 is 4.90 Å². The van der Waals surface area contributed by atoms with Crippen molar-refractivity contribution >= 4 is 27.8 Å². The fraction of sp³-hybridized carbons (Fsp3) is 0. The van der Waals surface area contributed by atoms with Gasteiger partial charge in [0, 0.05) is 28.2 Å². The lowest BCUT2D eigenvalue weighted by molar-refractivity contribution is 0.893. The van der Waals surface area contributed by atoms with Crippen LogP contribution in [0.1, 0.15) is 0 Å². The van der Waals surface area contributed by atoms with E-state index in [0.717, 1.165) is 50.8 Å². The number of benzene rings is 9. The maximum atomic E-state index is 5.21. The molecule has 0 radical (unpaired) electrons. The number of anilines is 3. The highest BCUT2D eigenvalue weighted by Gasteiger charge is 2.18. The highest BCUT2D eigenvalue weighted by Crippen LogP contribution is 2.41. The van der Waals surface area contributed by atoms with Gasteiger partial charge in [0.2, 0.25) is 0 Å². The number of para-hydroxylation sites is 2. The molecule has 9 aromatic carbocycles. The maximum absolute atomic E-state index is 5.21. The van der Waals surface area contributed by atoms with Crippen molar-refractivity contribution in [1.82, 2.24) is 9.78 Å². The molecule has 0 aliphatic rings. The van der Waals surface area contributed by atoms with Crippen LogP contribution < -0.4 is 4.90 Å². The molecule has 10 aromatic rings. The molecule has 0 aliphatic carbocycles.